The third-order valence-electron chi connectivity index (χ3n) is 16.0. The Morgan fingerprint density at radius 3 is 2.26 bits per heavy atom. The predicted molar refractivity (Wildman–Crippen MR) is 288 cm³/mol. The van der Waals surface area contributed by atoms with E-state index >= 15 is 0 Å². The molecule has 4 N–H and O–H groups in total. The summed E-state index contributed by atoms with van der Waals surface area (Å²) in [6, 6.07) is -2.53. The van der Waals surface area contributed by atoms with Gasteiger partial charge in [0.1, 0.15) is 42.3 Å². The molecule has 3 fully saturated rings. The van der Waals surface area contributed by atoms with Crippen molar-refractivity contribution in [2.75, 3.05) is 39.9 Å². The Hall–Kier alpha value is -4.44. The summed E-state index contributed by atoms with van der Waals surface area (Å²) >= 11 is 0. The molecule has 0 aromatic heterocycles. The summed E-state index contributed by atoms with van der Waals surface area (Å²) < 4.78 is 47.0. The minimum absolute atomic E-state index is 0.0185. The van der Waals surface area contributed by atoms with Gasteiger partial charge in [-0.25, -0.2) is 14.4 Å². The first-order valence-corrected chi connectivity index (χ1v) is 29.1. The lowest BCUT2D eigenvalue weighted by atomic mass is 9.78. The van der Waals surface area contributed by atoms with Gasteiger partial charge in [0.2, 0.25) is 5.79 Å². The number of ether oxygens (including phenoxy) is 6. The van der Waals surface area contributed by atoms with Crippen LogP contribution in [0.2, 0.25) is 0 Å². The van der Waals surface area contributed by atoms with Crippen LogP contribution in [0.25, 0.3) is 0 Å². The van der Waals surface area contributed by atoms with E-state index in [0.717, 1.165) is 10.5 Å². The van der Waals surface area contributed by atoms with Crippen molar-refractivity contribution in [3.05, 3.63) is 47.6 Å². The van der Waals surface area contributed by atoms with Gasteiger partial charge in [0.25, 0.3) is 11.7 Å². The first-order valence-electron chi connectivity index (χ1n) is 27.3. The lowest BCUT2D eigenvalue weighted by Gasteiger charge is -2.42. The van der Waals surface area contributed by atoms with Gasteiger partial charge in [0.15, 0.2) is 5.78 Å². The molecule has 11 unspecified atom stereocenters. The second-order valence-corrected chi connectivity index (χ2v) is 23.6. The summed E-state index contributed by atoms with van der Waals surface area (Å²) in [7, 11) is 3.10. The molecule has 3 heterocycles. The van der Waals surface area contributed by atoms with Gasteiger partial charge < -0.3 is 54.0 Å². The number of ketones is 3. The summed E-state index contributed by atoms with van der Waals surface area (Å²) in [6.07, 6.45) is 9.57. The van der Waals surface area contributed by atoms with Crippen molar-refractivity contribution in [1.29, 1.82) is 0 Å². The first kappa shape index (κ1) is 65.1. The SMILES string of the molecule is COC1CC2CC[C@@H](C)[C@@](O)(O2)C(=O)C(=O)N2CCCC[C@H]2C(=O)OC(C(C)CC2CC[C@@H](OC(=O)NC(CCS(C)=O)C(=O)O)C(OC)C2)CC(=O)C(C)/C=C(\C)[C@@H](O)C(OC)C(=O)[C@H](C)CC(C)/C=C/C=C/C=C/1C. The van der Waals surface area contributed by atoms with E-state index in [1.807, 2.05) is 51.2 Å². The van der Waals surface area contributed by atoms with Gasteiger partial charge >= 0.3 is 18.0 Å². The number of fused-ring (bicyclic) bond motifs is 3. The molecule has 3 aliphatic heterocycles. The maximum Gasteiger partial charge on any atom is 0.408 e. The van der Waals surface area contributed by atoms with E-state index in [1.54, 1.807) is 40.9 Å². The molecule has 434 valence electrons. The molecule has 0 spiro atoms. The van der Waals surface area contributed by atoms with Gasteiger partial charge in [-0.15, -0.1) is 0 Å². The van der Waals surface area contributed by atoms with Crippen LogP contribution < -0.4 is 5.32 Å². The van der Waals surface area contributed by atoms with Crippen LogP contribution in [0.5, 0.6) is 0 Å². The summed E-state index contributed by atoms with van der Waals surface area (Å²) in [6.45, 7) is 12.4. The Labute approximate surface area is 457 Å². The number of carbonyl (C=O) groups excluding carboxylic acids is 6. The van der Waals surface area contributed by atoms with E-state index in [-0.39, 0.29) is 61.4 Å². The number of amides is 2. The smallest absolute Gasteiger partial charge is 0.408 e. The number of carboxylic acid groups (broad SMARTS) is 1. The van der Waals surface area contributed by atoms with Crippen molar-refractivity contribution < 1.29 is 81.5 Å². The normalized spacial score (nSPS) is 36.6. The molecule has 17 atom stereocenters. The number of carboxylic acids is 1. The maximum atomic E-state index is 14.6. The fourth-order valence-electron chi connectivity index (χ4n) is 11.1. The Morgan fingerprint density at radius 1 is 0.896 bits per heavy atom. The van der Waals surface area contributed by atoms with Crippen molar-refractivity contribution >= 4 is 52.1 Å². The number of aliphatic hydroxyl groups excluding tert-OH is 1. The van der Waals surface area contributed by atoms with E-state index in [4.69, 9.17) is 28.4 Å². The molecule has 1 saturated carbocycles. The zero-order valence-corrected chi connectivity index (χ0v) is 48.0. The third kappa shape index (κ3) is 18.6. The standard InChI is InChI=1S/C57H88N2O17S/c1-33-17-13-12-14-18-34(2)46(71-8)31-41-22-20-39(7)57(69,76-41)52(63)53(64)59-25-16-15-19-43(59)55(67)74-47(32-44(60)35(3)28-38(6)50(62)51(73-10)49(61)37(5)27-33)36(4)29-40-21-23-45(48(30-40)72-9)75-56(68)58-42(54(65)66)24-26-77(11)70/h12-14,17-18,28,33,35-37,39-43,45-48,50-51,62,69H,15-16,19-27,29-32H2,1-11H3,(H,58,68)(H,65,66)/b14-12+,17-13+,34-18+,38-28+/t33?,35?,36?,37-,39-,40?,41?,42?,43+,45-,46?,47?,48?,50-,51?,57-,77?/m1/s1. The first-order chi connectivity index (χ1) is 36.3. The Balaban J connectivity index is 1.66. The monoisotopic (exact) mass is 1100 g/mol. The summed E-state index contributed by atoms with van der Waals surface area (Å²) in [5.74, 6) is -10.1. The number of hydrogen-bond donors (Lipinski definition) is 4. The average molecular weight is 1110 g/mol. The molecule has 0 radical (unpaired) electrons. The number of cyclic esters (lactones) is 1. The molecule has 0 aromatic carbocycles. The molecule has 77 heavy (non-hydrogen) atoms. The zero-order valence-electron chi connectivity index (χ0n) is 47.1. The molecular weight excluding hydrogens is 1020 g/mol. The van der Waals surface area contributed by atoms with E-state index in [0.29, 0.717) is 63.4 Å². The number of hydrogen-bond acceptors (Lipinski definition) is 16. The van der Waals surface area contributed by atoms with Crippen LogP contribution in [0.3, 0.4) is 0 Å². The summed E-state index contributed by atoms with van der Waals surface area (Å²) in [5, 5.41) is 35.5. The number of rotatable bonds is 12. The van der Waals surface area contributed by atoms with Crippen molar-refractivity contribution in [1.82, 2.24) is 10.2 Å². The number of Topliss-reactive ketones (excluding diaryl/α,β-unsaturated/α-hetero) is 3. The van der Waals surface area contributed by atoms with Crippen LogP contribution >= 0.6 is 0 Å². The van der Waals surface area contributed by atoms with Gasteiger partial charge in [-0.3, -0.25) is 23.4 Å². The fraction of sp³-hybridized carbons (Fsp3) is 0.737. The van der Waals surface area contributed by atoms with Gasteiger partial charge in [-0.1, -0.05) is 71.1 Å². The van der Waals surface area contributed by atoms with Crippen LogP contribution in [0, 0.1) is 35.5 Å². The number of aliphatic hydroxyl groups is 2. The lowest BCUT2D eigenvalue weighted by molar-refractivity contribution is -0.265. The molecule has 0 aromatic rings. The van der Waals surface area contributed by atoms with Crippen molar-refractivity contribution in [3.63, 3.8) is 0 Å². The number of carbonyl (C=O) groups is 7. The van der Waals surface area contributed by atoms with Crippen molar-refractivity contribution in [3.8, 4) is 0 Å². The van der Waals surface area contributed by atoms with Crippen LogP contribution in [0.4, 0.5) is 4.79 Å². The number of aliphatic carboxylic acids is 1. The third-order valence-corrected chi connectivity index (χ3v) is 16.8. The van der Waals surface area contributed by atoms with E-state index in [2.05, 4.69) is 5.32 Å². The van der Waals surface area contributed by atoms with E-state index in [1.165, 1.54) is 20.5 Å². The zero-order chi connectivity index (χ0) is 57.3. The molecule has 20 heteroatoms. The fourth-order valence-corrected chi connectivity index (χ4v) is 11.7. The van der Waals surface area contributed by atoms with Crippen LogP contribution in [-0.2, 0) is 68.0 Å². The van der Waals surface area contributed by atoms with E-state index in [9.17, 15) is 53.1 Å². The lowest BCUT2D eigenvalue weighted by Crippen LogP contribution is -2.61. The number of nitrogens with one attached hydrogen (secondary N) is 1. The minimum atomic E-state index is -2.49. The average Bonchev–Trinajstić information content (AvgIpc) is 3.39. The molecule has 1 aliphatic carbocycles. The number of allylic oxidation sites excluding steroid dienone is 6. The second kappa shape index (κ2) is 30.8. The molecule has 4 rings (SSSR count). The Morgan fingerprint density at radius 2 is 1.61 bits per heavy atom. The van der Waals surface area contributed by atoms with Crippen LogP contribution in [0.1, 0.15) is 132 Å². The minimum Gasteiger partial charge on any atom is -0.480 e. The molecule has 2 amide bonds. The molecule has 4 aliphatic rings. The Bertz CT molecular complexity index is 2200. The topological polar surface area (TPSA) is 268 Å². The van der Waals surface area contributed by atoms with E-state index < -0.39 is 125 Å². The van der Waals surface area contributed by atoms with Crippen molar-refractivity contribution in [2.24, 2.45) is 35.5 Å². The van der Waals surface area contributed by atoms with Gasteiger partial charge in [-0.2, -0.15) is 0 Å². The molecular formula is C57H88N2O17S. The highest BCUT2D eigenvalue weighted by molar-refractivity contribution is 7.84. The second-order valence-electron chi connectivity index (χ2n) is 22.1. The highest BCUT2D eigenvalue weighted by Gasteiger charge is 2.53. The Kier molecular flexibility index (Phi) is 26.0. The van der Waals surface area contributed by atoms with Gasteiger partial charge in [-0.05, 0) is 113 Å². The summed E-state index contributed by atoms with van der Waals surface area (Å²) in [5.41, 5.74) is 1.19. The highest BCUT2D eigenvalue weighted by Crippen LogP contribution is 2.38. The van der Waals surface area contributed by atoms with Crippen molar-refractivity contribution in [2.45, 2.75) is 193 Å². The van der Waals surface area contributed by atoms with Gasteiger partial charge in [0, 0.05) is 81.3 Å². The summed E-state index contributed by atoms with van der Waals surface area (Å²) in [4.78, 5) is 97.3. The quantitative estimate of drug-likeness (QED) is 0.0971. The molecule has 2 saturated heterocycles. The highest BCUT2D eigenvalue weighted by atomic mass is 32.2. The van der Waals surface area contributed by atoms with Crippen LogP contribution in [0.15, 0.2) is 47.6 Å². The predicted octanol–water partition coefficient (Wildman–Crippen LogP) is 6.14. The number of nitrogens with zero attached hydrogens (tertiary/aromatic N) is 1. The van der Waals surface area contributed by atoms with Crippen LogP contribution in [-0.4, -0.2) is 166 Å². The molecule has 19 nitrogen and oxygen atoms in total. The maximum absolute atomic E-state index is 14.6. The number of methoxy groups -OCH3 is 3. The number of esters is 1. The molecule has 2 bridgehead atoms. The van der Waals surface area contributed by atoms with Gasteiger partial charge in [0.05, 0.1) is 18.3 Å². The number of piperidine rings is 1. The number of alkyl carbamates (subject to hydrolysis) is 1. The largest absolute Gasteiger partial charge is 0.480 e.